The van der Waals surface area contributed by atoms with E-state index in [0.717, 1.165) is 33.5 Å². The standard InChI is InChI=1S/C29H34F3N5O4/c1-18(2)41-27(38)23-16-25-21(20-4-8-33-26-22(20)6-11-37(26)28(39)40)5-10-36(25)24(19(23)3)7-9-34-12-14-35(15-13-34)17-29(30,31)32/h4-5,8,10,16,18H,6-7,9,11-15,17H2,1-3H3,(H,39,40). The van der Waals surface area contributed by atoms with Crippen LogP contribution in [0.1, 0.15) is 41.0 Å². The fraction of sp³-hybridized carbons (Fsp3) is 0.483. The van der Waals surface area contributed by atoms with E-state index in [-0.39, 0.29) is 6.10 Å². The van der Waals surface area contributed by atoms with Gasteiger partial charge in [0, 0.05) is 74.9 Å². The van der Waals surface area contributed by atoms with Crippen molar-refractivity contribution in [3.8, 4) is 11.1 Å². The van der Waals surface area contributed by atoms with Crippen LogP contribution in [0.25, 0.3) is 16.6 Å². The van der Waals surface area contributed by atoms with Gasteiger partial charge in [-0.15, -0.1) is 0 Å². The van der Waals surface area contributed by atoms with E-state index < -0.39 is 24.8 Å². The Labute approximate surface area is 236 Å². The van der Waals surface area contributed by atoms with Crippen LogP contribution >= 0.6 is 0 Å². The first-order chi connectivity index (χ1) is 19.4. The SMILES string of the molecule is Cc1c(C(=O)OC(C)C)cc2c(-c3ccnc4c3CCN4C(=O)O)ccn2c1CCN1CCN(CC(F)(F)F)CC1. The molecule has 1 saturated heterocycles. The van der Waals surface area contributed by atoms with E-state index in [2.05, 4.69) is 9.88 Å². The van der Waals surface area contributed by atoms with Gasteiger partial charge in [0.25, 0.3) is 0 Å². The smallest absolute Gasteiger partial charge is 0.413 e. The van der Waals surface area contributed by atoms with Gasteiger partial charge < -0.3 is 19.1 Å². The summed E-state index contributed by atoms with van der Waals surface area (Å²) < 4.78 is 46.0. The number of aromatic nitrogens is 2. The van der Waals surface area contributed by atoms with Crippen LogP contribution in [0.15, 0.2) is 30.6 Å². The number of halogens is 3. The molecule has 2 aliphatic rings. The molecule has 1 N–H and O–H groups in total. The highest BCUT2D eigenvalue weighted by Crippen LogP contribution is 2.38. The second-order valence-electron chi connectivity index (χ2n) is 10.9. The summed E-state index contributed by atoms with van der Waals surface area (Å²) in [6.45, 7) is 7.31. The number of alkyl halides is 3. The number of fused-ring (bicyclic) bond motifs is 2. The predicted octanol–water partition coefficient (Wildman–Crippen LogP) is 4.64. The van der Waals surface area contributed by atoms with Crippen LogP contribution < -0.4 is 4.90 Å². The van der Waals surface area contributed by atoms with Crippen LogP contribution in [0.2, 0.25) is 0 Å². The van der Waals surface area contributed by atoms with Crippen molar-refractivity contribution >= 4 is 23.4 Å². The molecule has 0 unspecified atom stereocenters. The van der Waals surface area contributed by atoms with Crippen LogP contribution in [-0.4, -0.2) is 94.4 Å². The number of carboxylic acid groups (broad SMARTS) is 1. The first kappa shape index (κ1) is 28.9. The zero-order valence-electron chi connectivity index (χ0n) is 23.4. The minimum atomic E-state index is -4.21. The summed E-state index contributed by atoms with van der Waals surface area (Å²) in [5.74, 6) is -0.00281. The molecule has 220 valence electrons. The van der Waals surface area contributed by atoms with Crippen LogP contribution in [0.3, 0.4) is 0 Å². The number of amides is 1. The maximum Gasteiger partial charge on any atom is 0.413 e. The Morgan fingerprint density at radius 2 is 1.78 bits per heavy atom. The zero-order chi connectivity index (χ0) is 29.5. The molecule has 0 spiro atoms. The number of carbonyl (C=O) groups is 2. The van der Waals surface area contributed by atoms with Gasteiger partial charge >= 0.3 is 18.2 Å². The fourth-order valence-electron chi connectivity index (χ4n) is 5.85. The van der Waals surface area contributed by atoms with Crippen molar-refractivity contribution in [3.63, 3.8) is 0 Å². The number of pyridine rings is 2. The average molecular weight is 574 g/mol. The lowest BCUT2D eigenvalue weighted by atomic mass is 9.99. The maximum atomic E-state index is 13.2. The molecule has 1 fully saturated rings. The quantitative estimate of drug-likeness (QED) is 0.412. The molecule has 9 nitrogen and oxygen atoms in total. The summed E-state index contributed by atoms with van der Waals surface area (Å²) in [4.78, 5) is 34.0. The van der Waals surface area contributed by atoms with E-state index in [1.165, 1.54) is 9.80 Å². The number of esters is 1. The van der Waals surface area contributed by atoms with Crippen LogP contribution in [0, 0.1) is 6.92 Å². The molecule has 0 aromatic carbocycles. The molecule has 3 aromatic heterocycles. The van der Waals surface area contributed by atoms with Crippen molar-refractivity contribution in [1.29, 1.82) is 0 Å². The van der Waals surface area contributed by atoms with Crippen LogP contribution in [0.4, 0.5) is 23.8 Å². The van der Waals surface area contributed by atoms with E-state index in [4.69, 9.17) is 4.74 Å². The third kappa shape index (κ3) is 6.03. The van der Waals surface area contributed by atoms with Gasteiger partial charge in [-0.3, -0.25) is 9.80 Å². The molecule has 41 heavy (non-hydrogen) atoms. The molecule has 0 atom stereocenters. The van der Waals surface area contributed by atoms with Crippen molar-refractivity contribution in [1.82, 2.24) is 19.2 Å². The lowest BCUT2D eigenvalue weighted by Gasteiger charge is -2.35. The highest BCUT2D eigenvalue weighted by Gasteiger charge is 2.32. The van der Waals surface area contributed by atoms with Gasteiger partial charge in [0.15, 0.2) is 0 Å². The Bertz CT molecular complexity index is 1460. The summed E-state index contributed by atoms with van der Waals surface area (Å²) in [5.41, 5.74) is 5.51. The number of hydrogen-bond acceptors (Lipinski definition) is 6. The lowest BCUT2D eigenvalue weighted by Crippen LogP contribution is -2.49. The molecule has 0 bridgehead atoms. The Kier molecular flexibility index (Phi) is 7.97. The Morgan fingerprint density at radius 3 is 2.44 bits per heavy atom. The third-order valence-electron chi connectivity index (χ3n) is 7.82. The van der Waals surface area contributed by atoms with Crippen LogP contribution in [-0.2, 0) is 17.6 Å². The highest BCUT2D eigenvalue weighted by atomic mass is 19.4. The van der Waals surface area contributed by atoms with Gasteiger partial charge in [0.2, 0.25) is 0 Å². The van der Waals surface area contributed by atoms with Gasteiger partial charge in [0.1, 0.15) is 5.82 Å². The summed E-state index contributed by atoms with van der Waals surface area (Å²) >= 11 is 0. The highest BCUT2D eigenvalue weighted by molar-refractivity contribution is 5.96. The second kappa shape index (κ2) is 11.3. The largest absolute Gasteiger partial charge is 0.465 e. The van der Waals surface area contributed by atoms with Gasteiger partial charge in [-0.25, -0.2) is 14.6 Å². The second-order valence-corrected chi connectivity index (χ2v) is 10.9. The van der Waals surface area contributed by atoms with E-state index in [9.17, 15) is 27.9 Å². The monoisotopic (exact) mass is 573 g/mol. The number of hydrogen-bond donors (Lipinski definition) is 1. The lowest BCUT2D eigenvalue weighted by molar-refractivity contribution is -0.149. The fourth-order valence-corrected chi connectivity index (χ4v) is 5.85. The third-order valence-corrected chi connectivity index (χ3v) is 7.82. The summed E-state index contributed by atoms with van der Waals surface area (Å²) in [6, 6.07) is 5.65. The van der Waals surface area contributed by atoms with Crippen molar-refractivity contribution in [3.05, 3.63) is 53.0 Å². The first-order valence-corrected chi connectivity index (χ1v) is 13.8. The molecule has 0 radical (unpaired) electrons. The molecular weight excluding hydrogens is 539 g/mol. The number of nitrogens with zero attached hydrogens (tertiary/aromatic N) is 5. The molecule has 2 aliphatic heterocycles. The van der Waals surface area contributed by atoms with Gasteiger partial charge in [-0.2, -0.15) is 13.2 Å². The average Bonchev–Trinajstić information content (AvgIpc) is 3.52. The normalized spacial score (nSPS) is 16.5. The van der Waals surface area contributed by atoms with E-state index in [1.54, 1.807) is 20.0 Å². The summed E-state index contributed by atoms with van der Waals surface area (Å²) in [6.07, 6.45) is -0.896. The van der Waals surface area contributed by atoms with Gasteiger partial charge in [-0.05, 0) is 56.5 Å². The minimum absolute atomic E-state index is 0.300. The van der Waals surface area contributed by atoms with E-state index in [1.807, 2.05) is 35.7 Å². The molecule has 12 heteroatoms. The molecule has 5 heterocycles. The van der Waals surface area contributed by atoms with E-state index >= 15 is 0 Å². The minimum Gasteiger partial charge on any atom is -0.465 e. The van der Waals surface area contributed by atoms with Crippen molar-refractivity contribution in [2.45, 2.75) is 45.9 Å². The van der Waals surface area contributed by atoms with Gasteiger partial charge in [0.05, 0.1) is 23.7 Å². The topological polar surface area (TPSA) is 90.6 Å². The molecule has 0 aliphatic carbocycles. The van der Waals surface area contributed by atoms with E-state index in [0.29, 0.717) is 63.5 Å². The van der Waals surface area contributed by atoms with Crippen molar-refractivity contribution < 1.29 is 32.6 Å². The Morgan fingerprint density at radius 1 is 1.07 bits per heavy atom. The molecular formula is C29H34F3N5O4. The maximum absolute atomic E-state index is 13.2. The van der Waals surface area contributed by atoms with Crippen molar-refractivity contribution in [2.24, 2.45) is 0 Å². The number of anilines is 1. The first-order valence-electron chi connectivity index (χ1n) is 13.8. The summed E-state index contributed by atoms with van der Waals surface area (Å²) in [5, 5.41) is 9.59. The number of carbonyl (C=O) groups excluding carboxylic acids is 1. The van der Waals surface area contributed by atoms with Crippen molar-refractivity contribution in [2.75, 3.05) is 50.7 Å². The number of ether oxygens (including phenoxy) is 1. The Hall–Kier alpha value is -3.64. The molecule has 3 aromatic rings. The molecule has 1 amide bonds. The molecule has 5 rings (SSSR count). The van der Waals surface area contributed by atoms with Crippen LogP contribution in [0.5, 0.6) is 0 Å². The predicted molar refractivity (Wildman–Crippen MR) is 148 cm³/mol. The number of rotatable bonds is 7. The summed E-state index contributed by atoms with van der Waals surface area (Å²) in [7, 11) is 0. The number of piperazine rings is 1. The molecule has 0 saturated carbocycles. The Balaban J connectivity index is 1.49. The van der Waals surface area contributed by atoms with Gasteiger partial charge in [-0.1, -0.05) is 0 Å². The zero-order valence-corrected chi connectivity index (χ0v) is 23.4.